The molecule has 0 spiro atoms. The second-order valence-electron chi connectivity index (χ2n) is 2.49. The van der Waals surface area contributed by atoms with Crippen LogP contribution in [0.4, 0.5) is 5.82 Å². The van der Waals surface area contributed by atoms with Crippen molar-refractivity contribution in [2.24, 2.45) is 0 Å². The van der Waals surface area contributed by atoms with Crippen molar-refractivity contribution in [2.45, 2.75) is 0 Å². The number of rotatable bonds is 1. The molecule has 2 heterocycles. The normalized spacial score (nSPS) is 14.5. The average Bonchev–Trinajstić information content (AvgIpc) is 2.54. The predicted octanol–water partition coefficient (Wildman–Crippen LogP) is 1.51. The van der Waals surface area contributed by atoms with Crippen LogP contribution in [0.3, 0.4) is 0 Å². The van der Waals surface area contributed by atoms with Gasteiger partial charge >= 0.3 is 0 Å². The molecule has 1 radical (unpaired) electrons. The van der Waals surface area contributed by atoms with Crippen LogP contribution in [0, 0.1) is 0 Å². The van der Waals surface area contributed by atoms with Crippen LogP contribution in [-0.2, 0) is 20.1 Å². The molecule has 1 aromatic rings. The minimum Gasteiger partial charge on any atom is -0.469 e. The summed E-state index contributed by atoms with van der Waals surface area (Å²) in [5.74, 6) is 0.832. The maximum absolute atomic E-state index is 4.15. The van der Waals surface area contributed by atoms with E-state index in [-0.39, 0.29) is 20.1 Å². The molecule has 0 atom stereocenters. The molecule has 2 rings (SSSR count). The van der Waals surface area contributed by atoms with Gasteiger partial charge in [-0.3, -0.25) is 0 Å². The van der Waals surface area contributed by atoms with Crippen molar-refractivity contribution >= 4 is 5.82 Å². The fourth-order valence-electron chi connectivity index (χ4n) is 0.983. The van der Waals surface area contributed by atoms with Gasteiger partial charge in [0.05, 0.1) is 0 Å². The largest absolute Gasteiger partial charge is 0.469 e. The van der Waals surface area contributed by atoms with Crippen LogP contribution in [0.25, 0.3) is 5.53 Å². The molecule has 0 amide bonds. The maximum Gasteiger partial charge on any atom is 0.116 e. The molecule has 5 heteroatoms. The van der Waals surface area contributed by atoms with Crippen LogP contribution >= 0.6 is 0 Å². The average molecular weight is 353 g/mol. The van der Waals surface area contributed by atoms with Crippen molar-refractivity contribution < 1.29 is 20.1 Å². The van der Waals surface area contributed by atoms with Gasteiger partial charge in [-0.15, -0.1) is 0 Å². The summed E-state index contributed by atoms with van der Waals surface area (Å²) in [4.78, 5) is 4.15. The van der Waals surface area contributed by atoms with Gasteiger partial charge in [-0.05, 0) is 25.4 Å². The van der Waals surface area contributed by atoms with E-state index >= 15 is 0 Å². The quantitative estimate of drug-likeness (QED) is 0.767. The molecule has 13 heavy (non-hydrogen) atoms. The molecular formula is C8H9IrN4-. The van der Waals surface area contributed by atoms with E-state index in [1.165, 1.54) is 0 Å². The van der Waals surface area contributed by atoms with Crippen LogP contribution in [0.5, 0.6) is 0 Å². The number of hydrogen-bond acceptors (Lipinski definition) is 3. The number of anilines is 1. The molecular weight excluding hydrogens is 344 g/mol. The van der Waals surface area contributed by atoms with Gasteiger partial charge < -0.3 is 15.6 Å². The zero-order chi connectivity index (χ0) is 8.39. The fraction of sp³-hybridized carbons (Fsp3) is 0.125. The topological polar surface area (TPSA) is 33.5 Å². The number of nitrogens with zero attached hydrogens (tertiary/aromatic N) is 4. The smallest absolute Gasteiger partial charge is 0.116 e. The fourth-order valence-corrected chi connectivity index (χ4v) is 0.983. The second-order valence-corrected chi connectivity index (χ2v) is 2.49. The number of pyridine rings is 1. The Hall–Kier alpha value is -0.901. The van der Waals surface area contributed by atoms with Gasteiger partial charge in [-0.1, -0.05) is 6.07 Å². The number of hydrogen-bond donors (Lipinski definition) is 0. The van der Waals surface area contributed by atoms with Gasteiger partial charge in [-0.2, -0.15) is 0 Å². The SMILES string of the molecule is CN1C=CN(c2ccccn2)[N-]1.[Ir]. The molecule has 0 fully saturated rings. The molecule has 0 saturated carbocycles. The van der Waals surface area contributed by atoms with E-state index in [2.05, 4.69) is 10.5 Å². The summed E-state index contributed by atoms with van der Waals surface area (Å²) >= 11 is 0. The van der Waals surface area contributed by atoms with Gasteiger partial charge in [0, 0.05) is 32.5 Å². The molecule has 0 saturated heterocycles. The van der Waals surface area contributed by atoms with E-state index in [0.29, 0.717) is 0 Å². The Kier molecular flexibility index (Phi) is 3.42. The van der Waals surface area contributed by atoms with E-state index in [1.54, 1.807) is 16.2 Å². The molecule has 0 aliphatic carbocycles. The molecule has 1 aromatic heterocycles. The van der Waals surface area contributed by atoms with Crippen molar-refractivity contribution in [3.05, 3.63) is 42.3 Å². The minimum atomic E-state index is 0. The summed E-state index contributed by atoms with van der Waals surface area (Å²) in [5.41, 5.74) is 4.15. The predicted molar refractivity (Wildman–Crippen MR) is 47.0 cm³/mol. The first-order chi connectivity index (χ1) is 5.86. The van der Waals surface area contributed by atoms with Crippen LogP contribution in [-0.4, -0.2) is 17.0 Å². The van der Waals surface area contributed by atoms with E-state index in [4.69, 9.17) is 0 Å². The van der Waals surface area contributed by atoms with Gasteiger partial charge in [0.2, 0.25) is 0 Å². The monoisotopic (exact) mass is 354 g/mol. The molecule has 0 unspecified atom stereocenters. The zero-order valence-corrected chi connectivity index (χ0v) is 9.48. The molecule has 0 aromatic carbocycles. The van der Waals surface area contributed by atoms with Gasteiger partial charge in [0.1, 0.15) is 5.82 Å². The van der Waals surface area contributed by atoms with Gasteiger partial charge in [-0.25, -0.2) is 4.98 Å². The Bertz CT molecular complexity index is 287. The van der Waals surface area contributed by atoms with Crippen LogP contribution in [0.1, 0.15) is 0 Å². The third-order valence-electron chi connectivity index (χ3n) is 1.55. The van der Waals surface area contributed by atoms with E-state index in [0.717, 1.165) is 5.82 Å². The Morgan fingerprint density at radius 2 is 2.15 bits per heavy atom. The summed E-state index contributed by atoms with van der Waals surface area (Å²) in [6, 6.07) is 5.73. The minimum absolute atomic E-state index is 0. The maximum atomic E-state index is 4.15. The Labute approximate surface area is 90.5 Å². The van der Waals surface area contributed by atoms with Crippen molar-refractivity contribution in [3.8, 4) is 0 Å². The molecule has 71 valence electrons. The Balaban J connectivity index is 0.000000845. The Morgan fingerprint density at radius 3 is 2.69 bits per heavy atom. The zero-order valence-electron chi connectivity index (χ0n) is 7.09. The third-order valence-corrected chi connectivity index (χ3v) is 1.55. The first-order valence-electron chi connectivity index (χ1n) is 3.69. The van der Waals surface area contributed by atoms with Crippen molar-refractivity contribution in [3.63, 3.8) is 0 Å². The summed E-state index contributed by atoms with van der Waals surface area (Å²) in [7, 11) is 1.87. The van der Waals surface area contributed by atoms with Crippen LogP contribution < -0.4 is 5.01 Å². The Morgan fingerprint density at radius 1 is 1.31 bits per heavy atom. The van der Waals surface area contributed by atoms with Crippen molar-refractivity contribution in [1.29, 1.82) is 0 Å². The molecule has 4 nitrogen and oxygen atoms in total. The van der Waals surface area contributed by atoms with Crippen molar-refractivity contribution in [2.75, 3.05) is 12.1 Å². The molecule has 0 N–H and O–H groups in total. The van der Waals surface area contributed by atoms with Gasteiger partial charge in [0.15, 0.2) is 0 Å². The van der Waals surface area contributed by atoms with E-state index in [1.807, 2.05) is 37.6 Å². The summed E-state index contributed by atoms with van der Waals surface area (Å²) < 4.78 is 0. The van der Waals surface area contributed by atoms with Gasteiger partial charge in [0.25, 0.3) is 0 Å². The molecule has 0 bridgehead atoms. The van der Waals surface area contributed by atoms with Crippen molar-refractivity contribution in [1.82, 2.24) is 9.99 Å². The first-order valence-corrected chi connectivity index (χ1v) is 3.69. The van der Waals surface area contributed by atoms with E-state index < -0.39 is 0 Å². The second kappa shape index (κ2) is 4.37. The number of aromatic nitrogens is 1. The van der Waals surface area contributed by atoms with Crippen LogP contribution in [0.15, 0.2) is 36.8 Å². The molecule has 1 aliphatic rings. The first kappa shape index (κ1) is 10.2. The standard InChI is InChI=1S/C8H9N4.Ir/c1-11-6-7-12(10-11)8-4-2-3-5-9-8;/h2-7H,1H3;/q-1;. The third kappa shape index (κ3) is 2.27. The summed E-state index contributed by atoms with van der Waals surface area (Å²) in [6.45, 7) is 0. The van der Waals surface area contributed by atoms with E-state index in [9.17, 15) is 0 Å². The summed E-state index contributed by atoms with van der Waals surface area (Å²) in [5, 5.41) is 3.45. The summed E-state index contributed by atoms with van der Waals surface area (Å²) in [6.07, 6.45) is 5.48. The molecule has 1 aliphatic heterocycles. The van der Waals surface area contributed by atoms with Crippen LogP contribution in [0.2, 0.25) is 0 Å².